The largest absolute Gasteiger partial charge is 0.347 e. The molecule has 6 atom stereocenters. The highest BCUT2D eigenvalue weighted by Crippen LogP contribution is 2.43. The number of nitrogens with zero attached hydrogens (tertiary/aromatic N) is 3. The summed E-state index contributed by atoms with van der Waals surface area (Å²) in [6.45, 7) is 7.87. The Bertz CT molecular complexity index is 1390. The summed E-state index contributed by atoms with van der Waals surface area (Å²) in [5, 5.41) is 11.3. The molecule has 2 heterocycles. The fraction of sp³-hybridized carbons (Fsp3) is 0.657. The zero-order chi connectivity index (χ0) is 34.4. The number of nitrogens with one attached hydrogen (secondary N) is 4. The quantitative estimate of drug-likeness (QED) is 0.172. The second-order valence-electron chi connectivity index (χ2n) is 14.0. The van der Waals surface area contributed by atoms with Crippen molar-refractivity contribution >= 4 is 35.3 Å². The van der Waals surface area contributed by atoms with E-state index in [1.807, 2.05) is 6.92 Å². The molecule has 0 bridgehead atoms. The van der Waals surface area contributed by atoms with Crippen LogP contribution in [0.2, 0.25) is 0 Å². The second-order valence-corrected chi connectivity index (χ2v) is 14.0. The van der Waals surface area contributed by atoms with Gasteiger partial charge in [0.2, 0.25) is 23.5 Å². The zero-order valence-electron chi connectivity index (χ0n) is 28.0. The fourth-order valence-corrected chi connectivity index (χ4v) is 7.62. The molecule has 1 aliphatic heterocycles. The average Bonchev–Trinajstić information content (AvgIpc) is 3.65. The van der Waals surface area contributed by atoms with Crippen molar-refractivity contribution < 1.29 is 28.8 Å². The summed E-state index contributed by atoms with van der Waals surface area (Å²) in [6.07, 6.45) is 13.7. The van der Waals surface area contributed by atoms with E-state index < -0.39 is 59.5 Å². The number of carbonyl (C=O) groups is 6. The number of hydrogen-bond donors (Lipinski definition) is 4. The SMILES string of the molecule is C=C(C)[C@H](NC(=O)[C@@H](NC(=O)c1cnccn1)C1CCCCC1)C(=O)N1C[C@@H]2CCC[C@@H]2[C@H]1C(=O)N[C@@H](CCC)C(=O)C(=O)NC1CC1. The summed E-state index contributed by atoms with van der Waals surface area (Å²) in [5.41, 5.74) is 0.476. The van der Waals surface area contributed by atoms with Gasteiger partial charge >= 0.3 is 0 Å². The molecule has 0 spiro atoms. The summed E-state index contributed by atoms with van der Waals surface area (Å²) in [4.78, 5) is 90.6. The van der Waals surface area contributed by atoms with E-state index in [4.69, 9.17) is 0 Å². The molecule has 0 unspecified atom stereocenters. The number of Topliss-reactive ketones (excluding diaryl/α,β-unsaturated/α-hetero) is 1. The molecule has 260 valence electrons. The second kappa shape index (κ2) is 15.8. The van der Waals surface area contributed by atoms with Crippen molar-refractivity contribution in [1.82, 2.24) is 36.1 Å². The molecule has 1 saturated heterocycles. The van der Waals surface area contributed by atoms with Gasteiger partial charge in [-0.25, -0.2) is 4.98 Å². The minimum atomic E-state index is -1.14. The van der Waals surface area contributed by atoms with Crippen LogP contribution >= 0.6 is 0 Å². The highest BCUT2D eigenvalue weighted by atomic mass is 16.2. The number of amides is 5. The molecule has 5 amide bonds. The van der Waals surface area contributed by atoms with Crippen LogP contribution in [0.1, 0.15) is 101 Å². The Labute approximate surface area is 281 Å². The molecule has 4 N–H and O–H groups in total. The summed E-state index contributed by atoms with van der Waals surface area (Å²) in [6, 6.07) is -3.89. The summed E-state index contributed by atoms with van der Waals surface area (Å²) < 4.78 is 0. The van der Waals surface area contributed by atoms with Gasteiger partial charge in [-0.2, -0.15) is 0 Å². The molecule has 1 aromatic heterocycles. The molecule has 0 radical (unpaired) electrons. The highest BCUT2D eigenvalue weighted by molar-refractivity contribution is 6.38. The molecule has 3 saturated carbocycles. The Hall–Kier alpha value is -4.16. The van der Waals surface area contributed by atoms with Crippen molar-refractivity contribution in [2.45, 2.75) is 121 Å². The van der Waals surface area contributed by atoms with Crippen molar-refractivity contribution in [3.63, 3.8) is 0 Å². The van der Waals surface area contributed by atoms with Crippen LogP contribution in [0.25, 0.3) is 0 Å². The molecular weight excluding hydrogens is 614 g/mol. The normalized spacial score (nSPS) is 24.0. The Morgan fingerprint density at radius 3 is 2.33 bits per heavy atom. The topological polar surface area (TPSA) is 180 Å². The molecule has 4 aliphatic rings. The van der Waals surface area contributed by atoms with Crippen LogP contribution in [0.5, 0.6) is 0 Å². The predicted octanol–water partition coefficient (Wildman–Crippen LogP) is 1.98. The van der Waals surface area contributed by atoms with Crippen LogP contribution in [0.3, 0.4) is 0 Å². The molecule has 13 nitrogen and oxygen atoms in total. The van der Waals surface area contributed by atoms with Crippen molar-refractivity contribution in [1.29, 1.82) is 0 Å². The number of aromatic nitrogens is 2. The van der Waals surface area contributed by atoms with Crippen LogP contribution in [0.15, 0.2) is 30.7 Å². The van der Waals surface area contributed by atoms with Crippen LogP contribution < -0.4 is 21.3 Å². The van der Waals surface area contributed by atoms with Gasteiger partial charge < -0.3 is 26.2 Å². The Kier molecular flexibility index (Phi) is 11.6. The number of likely N-dealkylation sites (tertiary alicyclic amines) is 1. The lowest BCUT2D eigenvalue weighted by Gasteiger charge is -2.34. The molecule has 5 rings (SSSR count). The summed E-state index contributed by atoms with van der Waals surface area (Å²) in [5.74, 6) is -3.46. The first-order chi connectivity index (χ1) is 23.1. The van der Waals surface area contributed by atoms with E-state index in [0.717, 1.165) is 64.2 Å². The van der Waals surface area contributed by atoms with Gasteiger partial charge in [0.1, 0.15) is 23.8 Å². The summed E-state index contributed by atoms with van der Waals surface area (Å²) >= 11 is 0. The number of fused-ring (bicyclic) bond motifs is 1. The van der Waals surface area contributed by atoms with E-state index in [2.05, 4.69) is 37.8 Å². The third-order valence-electron chi connectivity index (χ3n) is 10.3. The lowest BCUT2D eigenvalue weighted by atomic mass is 9.83. The van der Waals surface area contributed by atoms with Gasteiger partial charge in [0.25, 0.3) is 11.8 Å². The highest BCUT2D eigenvalue weighted by Gasteiger charge is 2.51. The average molecular weight is 664 g/mol. The van der Waals surface area contributed by atoms with Gasteiger partial charge in [0, 0.05) is 25.0 Å². The maximum Gasteiger partial charge on any atom is 0.289 e. The predicted molar refractivity (Wildman–Crippen MR) is 176 cm³/mol. The maximum atomic E-state index is 14.3. The molecule has 3 aliphatic carbocycles. The van der Waals surface area contributed by atoms with Crippen molar-refractivity contribution in [3.05, 3.63) is 36.4 Å². The molecule has 0 aromatic carbocycles. The lowest BCUT2D eigenvalue weighted by molar-refractivity contribution is -0.144. The van der Waals surface area contributed by atoms with E-state index in [9.17, 15) is 28.8 Å². The monoisotopic (exact) mass is 663 g/mol. The Morgan fingerprint density at radius 1 is 0.938 bits per heavy atom. The first-order valence-corrected chi connectivity index (χ1v) is 17.6. The molecule has 1 aromatic rings. The van der Waals surface area contributed by atoms with Crippen LogP contribution in [0, 0.1) is 17.8 Å². The molecule has 13 heteroatoms. The first kappa shape index (κ1) is 35.2. The molecule has 48 heavy (non-hydrogen) atoms. The van der Waals surface area contributed by atoms with Crippen molar-refractivity contribution in [3.8, 4) is 0 Å². The Balaban J connectivity index is 1.33. The fourth-order valence-electron chi connectivity index (χ4n) is 7.62. The van der Waals surface area contributed by atoms with Crippen LogP contribution in [0.4, 0.5) is 0 Å². The molecular formula is C35H49N7O6. The van der Waals surface area contributed by atoms with E-state index in [0.29, 0.717) is 25.0 Å². The smallest absolute Gasteiger partial charge is 0.289 e. The van der Waals surface area contributed by atoms with Crippen molar-refractivity contribution in [2.24, 2.45) is 17.8 Å². The summed E-state index contributed by atoms with van der Waals surface area (Å²) in [7, 11) is 0. The van der Waals surface area contributed by atoms with Gasteiger partial charge in [-0.15, -0.1) is 0 Å². The third kappa shape index (κ3) is 8.27. The van der Waals surface area contributed by atoms with E-state index in [-0.39, 0.29) is 29.5 Å². The van der Waals surface area contributed by atoms with Crippen LogP contribution in [-0.2, 0) is 24.0 Å². The third-order valence-corrected chi connectivity index (χ3v) is 10.3. The number of rotatable bonds is 14. The number of ketones is 1. The van der Waals surface area contributed by atoms with Gasteiger partial charge in [-0.1, -0.05) is 45.6 Å². The van der Waals surface area contributed by atoms with Crippen molar-refractivity contribution in [2.75, 3.05) is 6.54 Å². The van der Waals surface area contributed by atoms with E-state index in [1.165, 1.54) is 23.5 Å². The number of carbonyl (C=O) groups excluding carboxylic acids is 6. The van der Waals surface area contributed by atoms with E-state index in [1.54, 1.807) is 6.92 Å². The van der Waals surface area contributed by atoms with Gasteiger partial charge in [-0.05, 0) is 75.2 Å². The Morgan fingerprint density at radius 2 is 1.69 bits per heavy atom. The minimum absolute atomic E-state index is 0.00829. The zero-order valence-corrected chi connectivity index (χ0v) is 28.0. The van der Waals surface area contributed by atoms with Gasteiger partial charge in [0.15, 0.2) is 0 Å². The standard InChI is InChI=1S/C35H49N7O6/c1-4-9-25(30(43)34(47)38-23-14-15-23)39-33(46)29-24-13-8-12-22(24)19-42(29)35(48)27(20(2)3)40-32(45)28(21-10-6-5-7-11-21)41-31(44)26-18-36-16-17-37-26/h16-18,21-25,27-29H,2,4-15,19H2,1,3H3,(H,38,47)(H,39,46)(H,40,45)(H,41,44)/t22-,24-,25-,27-,28-,29-/m0/s1. The van der Waals surface area contributed by atoms with Gasteiger partial charge in [-0.3, -0.25) is 33.8 Å². The first-order valence-electron chi connectivity index (χ1n) is 17.6. The van der Waals surface area contributed by atoms with Crippen LogP contribution in [-0.4, -0.2) is 86.9 Å². The molecule has 4 fully saturated rings. The maximum absolute atomic E-state index is 14.3. The van der Waals surface area contributed by atoms with Gasteiger partial charge in [0.05, 0.1) is 12.2 Å². The van der Waals surface area contributed by atoms with E-state index >= 15 is 0 Å². The number of hydrogen-bond acceptors (Lipinski definition) is 8. The lowest BCUT2D eigenvalue weighted by Crippen LogP contribution is -2.60. The minimum Gasteiger partial charge on any atom is -0.347 e.